The quantitative estimate of drug-likeness (QED) is 0.746. The third-order valence-corrected chi connectivity index (χ3v) is 5.79. The second-order valence-electron chi connectivity index (χ2n) is 5.97. The highest BCUT2D eigenvalue weighted by Gasteiger charge is 2.23. The molecular weight excluding hydrogens is 262 g/mol. The molecule has 0 aromatic heterocycles. The monoisotopic (exact) mass is 291 g/mol. The van der Waals surface area contributed by atoms with E-state index < -0.39 is 0 Å². The lowest BCUT2D eigenvalue weighted by atomic mass is 10.1. The van der Waals surface area contributed by atoms with Crippen molar-refractivity contribution in [2.24, 2.45) is 0 Å². The molecule has 2 unspecified atom stereocenters. The largest absolute Gasteiger partial charge is 0.313 e. The van der Waals surface area contributed by atoms with E-state index in [-0.39, 0.29) is 0 Å². The van der Waals surface area contributed by atoms with Crippen LogP contribution in [0.25, 0.3) is 0 Å². The predicted octanol–water partition coefficient (Wildman–Crippen LogP) is 4.93. The summed E-state index contributed by atoms with van der Waals surface area (Å²) in [6.07, 6.45) is 8.24. The van der Waals surface area contributed by atoms with E-state index in [0.717, 1.165) is 11.3 Å². The number of thioether (sulfide) groups is 1. The van der Waals surface area contributed by atoms with Crippen LogP contribution in [0.1, 0.15) is 56.6 Å². The summed E-state index contributed by atoms with van der Waals surface area (Å²) in [7, 11) is 0. The average molecular weight is 292 g/mol. The minimum atomic E-state index is 0.728. The van der Waals surface area contributed by atoms with E-state index in [2.05, 4.69) is 55.2 Å². The van der Waals surface area contributed by atoms with Gasteiger partial charge in [-0.1, -0.05) is 50.5 Å². The molecule has 1 aromatic carbocycles. The van der Waals surface area contributed by atoms with Gasteiger partial charge in [0.05, 0.1) is 0 Å². The number of rotatable bonds is 6. The maximum absolute atomic E-state index is 3.79. The topological polar surface area (TPSA) is 12.0 Å². The van der Waals surface area contributed by atoms with Crippen molar-refractivity contribution in [3.05, 3.63) is 35.4 Å². The van der Waals surface area contributed by atoms with Gasteiger partial charge in [0.1, 0.15) is 0 Å². The second kappa shape index (κ2) is 8.74. The van der Waals surface area contributed by atoms with E-state index >= 15 is 0 Å². The molecule has 1 fully saturated rings. The molecule has 0 saturated heterocycles. The standard InChI is InChI=1S/C18H29NS/c1-3-13-19-17-11-5-4-6-12-18(17)20-14-16-10-8-7-9-15(16)2/h7-10,17-19H,3-6,11-14H2,1-2H3. The maximum atomic E-state index is 3.79. The zero-order valence-corrected chi connectivity index (χ0v) is 13.8. The highest BCUT2D eigenvalue weighted by molar-refractivity contribution is 7.99. The second-order valence-corrected chi connectivity index (χ2v) is 7.20. The first-order valence-electron chi connectivity index (χ1n) is 8.20. The zero-order valence-electron chi connectivity index (χ0n) is 13.0. The van der Waals surface area contributed by atoms with Crippen LogP contribution in [-0.2, 0) is 5.75 Å². The first kappa shape index (κ1) is 15.9. The van der Waals surface area contributed by atoms with Crippen LogP contribution in [0.5, 0.6) is 0 Å². The fourth-order valence-electron chi connectivity index (χ4n) is 3.01. The van der Waals surface area contributed by atoms with Crippen molar-refractivity contribution >= 4 is 11.8 Å². The Balaban J connectivity index is 1.91. The number of aryl methyl sites for hydroxylation is 1. The lowest BCUT2D eigenvalue weighted by Gasteiger charge is -2.26. The van der Waals surface area contributed by atoms with E-state index in [1.165, 1.54) is 61.9 Å². The van der Waals surface area contributed by atoms with E-state index in [0.29, 0.717) is 0 Å². The Labute approximate surface area is 128 Å². The molecule has 0 amide bonds. The Hall–Kier alpha value is -0.470. The van der Waals surface area contributed by atoms with Crippen molar-refractivity contribution in [1.82, 2.24) is 5.32 Å². The smallest absolute Gasteiger partial charge is 0.0204 e. The third-order valence-electron chi connectivity index (χ3n) is 4.32. The summed E-state index contributed by atoms with van der Waals surface area (Å²) in [6, 6.07) is 9.55. The molecule has 2 rings (SSSR count). The summed E-state index contributed by atoms with van der Waals surface area (Å²) < 4.78 is 0. The lowest BCUT2D eigenvalue weighted by Crippen LogP contribution is -2.38. The van der Waals surface area contributed by atoms with Crippen LogP contribution in [-0.4, -0.2) is 17.8 Å². The Bertz CT molecular complexity index is 391. The fraction of sp³-hybridized carbons (Fsp3) is 0.667. The van der Waals surface area contributed by atoms with Gasteiger partial charge in [0.15, 0.2) is 0 Å². The molecule has 1 nitrogen and oxygen atoms in total. The molecule has 1 aliphatic rings. The van der Waals surface area contributed by atoms with E-state index in [1.807, 2.05) is 0 Å². The molecule has 0 spiro atoms. The van der Waals surface area contributed by atoms with Crippen LogP contribution in [0.15, 0.2) is 24.3 Å². The first-order valence-corrected chi connectivity index (χ1v) is 9.25. The van der Waals surface area contributed by atoms with Gasteiger partial charge in [-0.15, -0.1) is 0 Å². The zero-order chi connectivity index (χ0) is 14.2. The number of hydrogen-bond acceptors (Lipinski definition) is 2. The van der Waals surface area contributed by atoms with Crippen LogP contribution in [0.2, 0.25) is 0 Å². The van der Waals surface area contributed by atoms with Gasteiger partial charge in [-0.3, -0.25) is 0 Å². The first-order chi connectivity index (χ1) is 9.81. The number of hydrogen-bond donors (Lipinski definition) is 1. The summed E-state index contributed by atoms with van der Waals surface area (Å²) in [5.74, 6) is 1.17. The minimum Gasteiger partial charge on any atom is -0.313 e. The van der Waals surface area contributed by atoms with Crippen molar-refractivity contribution in [2.45, 2.75) is 69.4 Å². The van der Waals surface area contributed by atoms with Gasteiger partial charge in [-0.25, -0.2) is 0 Å². The molecule has 0 heterocycles. The van der Waals surface area contributed by atoms with Crippen LogP contribution < -0.4 is 5.32 Å². The Morgan fingerprint density at radius 3 is 2.75 bits per heavy atom. The van der Waals surface area contributed by atoms with Crippen LogP contribution in [0, 0.1) is 6.92 Å². The number of benzene rings is 1. The third kappa shape index (κ3) is 4.82. The van der Waals surface area contributed by atoms with Gasteiger partial charge in [0, 0.05) is 17.0 Å². The van der Waals surface area contributed by atoms with Gasteiger partial charge in [0.2, 0.25) is 0 Å². The van der Waals surface area contributed by atoms with Gasteiger partial charge >= 0.3 is 0 Å². The Kier molecular flexibility index (Phi) is 6.95. The Morgan fingerprint density at radius 1 is 1.15 bits per heavy atom. The maximum Gasteiger partial charge on any atom is 0.0204 e. The molecular formula is C18H29NS. The molecule has 1 N–H and O–H groups in total. The Morgan fingerprint density at radius 2 is 1.95 bits per heavy atom. The van der Waals surface area contributed by atoms with Crippen LogP contribution in [0.3, 0.4) is 0 Å². The van der Waals surface area contributed by atoms with Gasteiger partial charge in [-0.2, -0.15) is 11.8 Å². The molecule has 1 aliphatic carbocycles. The molecule has 0 aliphatic heterocycles. The van der Waals surface area contributed by atoms with E-state index in [9.17, 15) is 0 Å². The number of nitrogens with one attached hydrogen (secondary N) is 1. The summed E-state index contributed by atoms with van der Waals surface area (Å²) in [4.78, 5) is 0. The van der Waals surface area contributed by atoms with Gasteiger partial charge in [-0.05, 0) is 43.9 Å². The fourth-order valence-corrected chi connectivity index (χ4v) is 4.52. The van der Waals surface area contributed by atoms with Crippen molar-refractivity contribution < 1.29 is 0 Å². The molecule has 2 heteroatoms. The summed E-state index contributed by atoms with van der Waals surface area (Å²) in [6.45, 7) is 5.67. The highest BCUT2D eigenvalue weighted by atomic mass is 32.2. The van der Waals surface area contributed by atoms with Gasteiger partial charge in [0.25, 0.3) is 0 Å². The van der Waals surface area contributed by atoms with Crippen molar-refractivity contribution in [3.8, 4) is 0 Å². The summed E-state index contributed by atoms with van der Waals surface area (Å²) >= 11 is 2.17. The van der Waals surface area contributed by atoms with E-state index in [4.69, 9.17) is 0 Å². The van der Waals surface area contributed by atoms with Crippen molar-refractivity contribution in [2.75, 3.05) is 6.54 Å². The highest BCUT2D eigenvalue weighted by Crippen LogP contribution is 2.30. The van der Waals surface area contributed by atoms with Crippen LogP contribution in [0.4, 0.5) is 0 Å². The van der Waals surface area contributed by atoms with Gasteiger partial charge < -0.3 is 5.32 Å². The minimum absolute atomic E-state index is 0.728. The van der Waals surface area contributed by atoms with Crippen LogP contribution >= 0.6 is 11.8 Å². The summed E-state index contributed by atoms with van der Waals surface area (Å²) in [5.41, 5.74) is 2.95. The summed E-state index contributed by atoms with van der Waals surface area (Å²) in [5, 5.41) is 4.59. The molecule has 112 valence electrons. The average Bonchev–Trinajstić information content (AvgIpc) is 2.69. The molecule has 0 radical (unpaired) electrons. The SMILES string of the molecule is CCCNC1CCCCCC1SCc1ccccc1C. The molecule has 1 aromatic rings. The van der Waals surface area contributed by atoms with Crippen molar-refractivity contribution in [3.63, 3.8) is 0 Å². The van der Waals surface area contributed by atoms with E-state index in [1.54, 1.807) is 0 Å². The predicted molar refractivity (Wildman–Crippen MR) is 91.4 cm³/mol. The molecule has 0 bridgehead atoms. The normalized spacial score (nSPS) is 23.5. The van der Waals surface area contributed by atoms with Crippen molar-refractivity contribution in [1.29, 1.82) is 0 Å². The molecule has 1 saturated carbocycles. The lowest BCUT2D eigenvalue weighted by molar-refractivity contribution is 0.470. The molecule has 20 heavy (non-hydrogen) atoms. The molecule has 2 atom stereocenters.